The van der Waals surface area contributed by atoms with E-state index in [4.69, 9.17) is 28.4 Å². The topological polar surface area (TPSA) is 181 Å². The number of ether oxygens (including phenoxy) is 6. The van der Waals surface area contributed by atoms with E-state index in [2.05, 4.69) is 25.8 Å². The van der Waals surface area contributed by atoms with E-state index in [1.807, 2.05) is 26.8 Å². The van der Waals surface area contributed by atoms with Gasteiger partial charge in [0.15, 0.2) is 0 Å². The van der Waals surface area contributed by atoms with E-state index in [0.29, 0.717) is 78.2 Å². The molecule has 0 bridgehead atoms. The summed E-state index contributed by atoms with van der Waals surface area (Å²) in [5, 5.41) is 8.85. The van der Waals surface area contributed by atoms with Crippen molar-refractivity contribution >= 4 is 35.0 Å². The fraction of sp³-hybridized carbons (Fsp3) is 0.629. The first kappa shape index (κ1) is 41.2. The van der Waals surface area contributed by atoms with Crippen molar-refractivity contribution in [3.05, 3.63) is 47.1 Å². The summed E-state index contributed by atoms with van der Waals surface area (Å²) in [6.07, 6.45) is 6.10. The second-order valence-corrected chi connectivity index (χ2v) is 12.7. The molecule has 0 unspecified atom stereocenters. The Labute approximate surface area is 299 Å². The van der Waals surface area contributed by atoms with Crippen molar-refractivity contribution in [2.24, 2.45) is 5.92 Å². The number of carbonyl (C=O) groups excluding carboxylic acids is 3. The molecule has 3 N–H and O–H groups in total. The predicted octanol–water partition coefficient (Wildman–Crippen LogP) is 2.66. The van der Waals surface area contributed by atoms with Gasteiger partial charge in [0.25, 0.3) is 5.56 Å². The largest absolute Gasteiger partial charge is 0.465 e. The summed E-state index contributed by atoms with van der Waals surface area (Å²) in [6, 6.07) is 4.86. The second-order valence-electron chi connectivity index (χ2n) is 12.7. The van der Waals surface area contributed by atoms with E-state index in [9.17, 15) is 19.2 Å². The smallest absolute Gasteiger partial charge is 0.407 e. The van der Waals surface area contributed by atoms with Crippen molar-refractivity contribution in [3.63, 3.8) is 0 Å². The first-order valence-corrected chi connectivity index (χ1v) is 17.4. The average Bonchev–Trinajstić information content (AvgIpc) is 3.09. The minimum atomic E-state index is -0.527. The van der Waals surface area contributed by atoms with E-state index in [1.165, 1.54) is 22.9 Å². The Morgan fingerprint density at radius 2 is 1.57 bits per heavy atom. The number of aromatic nitrogens is 2. The van der Waals surface area contributed by atoms with Gasteiger partial charge in [-0.3, -0.25) is 19.4 Å². The zero-order chi connectivity index (χ0) is 36.9. The molecule has 1 aliphatic rings. The number of pyridine rings is 2. The minimum absolute atomic E-state index is 0.148. The predicted molar refractivity (Wildman–Crippen MR) is 191 cm³/mol. The van der Waals surface area contributed by atoms with Gasteiger partial charge in [-0.25, -0.2) is 4.79 Å². The maximum absolute atomic E-state index is 13.2. The van der Waals surface area contributed by atoms with Crippen molar-refractivity contribution in [1.29, 1.82) is 0 Å². The number of carbonyl (C=O) groups is 3. The van der Waals surface area contributed by atoms with E-state index in [0.717, 1.165) is 30.8 Å². The Hall–Kier alpha value is -4.25. The molecule has 1 saturated heterocycles. The number of rotatable bonds is 22. The van der Waals surface area contributed by atoms with Crippen LogP contribution in [-0.2, 0) is 44.6 Å². The number of amides is 2. The molecule has 1 aliphatic heterocycles. The van der Waals surface area contributed by atoms with Crippen LogP contribution < -0.4 is 26.4 Å². The molecule has 2 aromatic heterocycles. The molecule has 16 nitrogen and oxygen atoms in total. The van der Waals surface area contributed by atoms with Crippen molar-refractivity contribution in [2.75, 3.05) is 101 Å². The van der Waals surface area contributed by atoms with Gasteiger partial charge in [0.2, 0.25) is 5.91 Å². The maximum Gasteiger partial charge on any atom is 0.407 e. The number of hydrogen-bond acceptors (Lipinski definition) is 13. The number of anilines is 3. The summed E-state index contributed by atoms with van der Waals surface area (Å²) in [6.45, 7) is 12.9. The third-order valence-electron chi connectivity index (χ3n) is 7.34. The molecular weight excluding hydrogens is 664 g/mol. The fourth-order valence-corrected chi connectivity index (χ4v) is 5.01. The number of piperidine rings is 1. The monoisotopic (exact) mass is 718 g/mol. The molecule has 0 aromatic carbocycles. The van der Waals surface area contributed by atoms with E-state index in [-0.39, 0.29) is 30.5 Å². The molecule has 1 fully saturated rings. The highest BCUT2D eigenvalue weighted by atomic mass is 16.6. The summed E-state index contributed by atoms with van der Waals surface area (Å²) in [7, 11) is 0. The zero-order valence-electron chi connectivity index (χ0n) is 30.3. The van der Waals surface area contributed by atoms with Gasteiger partial charge >= 0.3 is 12.1 Å². The molecular formula is C35H54N6O10. The minimum Gasteiger partial charge on any atom is -0.465 e. The molecule has 0 aliphatic carbocycles. The standard InChI is InChI=1S/C35H54N6O10/c1-5-50-32(43)26-41-25-28(8-9-31(41)42)39-33(44)27-7-6-12-40(24-27)30-21-29(22-36-23-30)37-10-13-46-15-17-48-19-20-49-18-16-47-14-11-38-34(45)51-35(2,3)4/h8-9,21-23,25,27,37H,5-7,10-20,24,26H2,1-4H3,(H,38,45)(H,39,44)/t27-/m0/s1. The summed E-state index contributed by atoms with van der Waals surface area (Å²) in [4.78, 5) is 55.2. The highest BCUT2D eigenvalue weighted by molar-refractivity contribution is 5.93. The van der Waals surface area contributed by atoms with Gasteiger partial charge in [-0.05, 0) is 52.7 Å². The number of nitrogens with one attached hydrogen (secondary N) is 3. The molecule has 1 atom stereocenters. The van der Waals surface area contributed by atoms with Gasteiger partial charge in [-0.2, -0.15) is 0 Å². The van der Waals surface area contributed by atoms with Crippen LogP contribution in [0.5, 0.6) is 0 Å². The molecule has 2 amide bonds. The van der Waals surface area contributed by atoms with Gasteiger partial charge in [0, 0.05) is 38.4 Å². The van der Waals surface area contributed by atoms with Gasteiger partial charge in [-0.15, -0.1) is 0 Å². The molecule has 0 radical (unpaired) electrons. The van der Waals surface area contributed by atoms with Crippen LogP contribution in [0, 0.1) is 5.92 Å². The summed E-state index contributed by atoms with van der Waals surface area (Å²) >= 11 is 0. The van der Waals surface area contributed by atoms with Gasteiger partial charge in [0.1, 0.15) is 12.1 Å². The van der Waals surface area contributed by atoms with Crippen molar-refractivity contribution in [2.45, 2.75) is 52.7 Å². The molecule has 0 spiro atoms. The molecule has 2 aromatic rings. The van der Waals surface area contributed by atoms with E-state index < -0.39 is 17.7 Å². The first-order chi connectivity index (χ1) is 24.5. The Morgan fingerprint density at radius 1 is 0.902 bits per heavy atom. The summed E-state index contributed by atoms with van der Waals surface area (Å²) in [5.74, 6) is -0.927. The van der Waals surface area contributed by atoms with Crippen molar-refractivity contribution in [3.8, 4) is 0 Å². The number of hydrogen-bond donors (Lipinski definition) is 3. The number of esters is 1. The zero-order valence-corrected chi connectivity index (χ0v) is 30.3. The third kappa shape index (κ3) is 17.0. The van der Waals surface area contributed by atoms with Gasteiger partial charge in [0.05, 0.1) is 94.8 Å². The third-order valence-corrected chi connectivity index (χ3v) is 7.34. The lowest BCUT2D eigenvalue weighted by molar-refractivity contribution is -0.143. The lowest BCUT2D eigenvalue weighted by Gasteiger charge is -2.33. The lowest BCUT2D eigenvalue weighted by Crippen LogP contribution is -2.41. The fourth-order valence-electron chi connectivity index (χ4n) is 5.01. The number of nitrogens with zero attached hydrogens (tertiary/aromatic N) is 3. The summed E-state index contributed by atoms with van der Waals surface area (Å²) in [5.41, 5.74) is 1.33. The molecule has 3 rings (SSSR count). The molecule has 3 heterocycles. The van der Waals surface area contributed by atoms with Crippen LogP contribution in [0.3, 0.4) is 0 Å². The quantitative estimate of drug-likeness (QED) is 0.120. The van der Waals surface area contributed by atoms with Crippen molar-refractivity contribution < 1.29 is 42.8 Å². The van der Waals surface area contributed by atoms with E-state index in [1.54, 1.807) is 19.3 Å². The highest BCUT2D eigenvalue weighted by Crippen LogP contribution is 2.25. The van der Waals surface area contributed by atoms with Crippen LogP contribution >= 0.6 is 0 Å². The Bertz CT molecular complexity index is 1420. The first-order valence-electron chi connectivity index (χ1n) is 17.4. The molecule has 0 saturated carbocycles. The van der Waals surface area contributed by atoms with Crippen LogP contribution in [0.1, 0.15) is 40.5 Å². The average molecular weight is 719 g/mol. The molecule has 284 valence electrons. The normalized spacial score (nSPS) is 14.5. The molecule has 16 heteroatoms. The van der Waals surface area contributed by atoms with Crippen LogP contribution in [0.4, 0.5) is 21.9 Å². The van der Waals surface area contributed by atoms with Crippen LogP contribution in [0.15, 0.2) is 41.6 Å². The molecule has 51 heavy (non-hydrogen) atoms. The summed E-state index contributed by atoms with van der Waals surface area (Å²) < 4.78 is 33.4. The Balaban J connectivity index is 1.24. The van der Waals surface area contributed by atoms with Crippen molar-refractivity contribution in [1.82, 2.24) is 14.9 Å². The van der Waals surface area contributed by atoms with Gasteiger partial charge in [-0.1, -0.05) is 0 Å². The Kier molecular flexibility index (Phi) is 18.2. The maximum atomic E-state index is 13.2. The van der Waals surface area contributed by atoms with Crippen LogP contribution in [-0.4, -0.2) is 119 Å². The number of alkyl carbamates (subject to hydrolysis) is 1. The van der Waals surface area contributed by atoms with Crippen LogP contribution in [0.25, 0.3) is 0 Å². The van der Waals surface area contributed by atoms with Gasteiger partial charge < -0.3 is 53.8 Å². The van der Waals surface area contributed by atoms with Crippen LogP contribution in [0.2, 0.25) is 0 Å². The highest BCUT2D eigenvalue weighted by Gasteiger charge is 2.26. The van der Waals surface area contributed by atoms with E-state index >= 15 is 0 Å². The SMILES string of the molecule is CCOC(=O)Cn1cc(NC(=O)[C@H]2CCCN(c3cncc(NCCOCCOCCOCCOCCNC(=O)OC(C)(C)C)c3)C2)ccc1=O. The lowest BCUT2D eigenvalue weighted by atomic mass is 9.96. The Morgan fingerprint density at radius 3 is 2.24 bits per heavy atom. The second kappa shape index (κ2) is 22.5.